The summed E-state index contributed by atoms with van der Waals surface area (Å²) in [6, 6.07) is 0. The molecule has 1 N–H and O–H groups in total. The number of allylic oxidation sites excluding steroid dienone is 2. The van der Waals surface area contributed by atoms with Crippen molar-refractivity contribution in [2.24, 2.45) is 17.8 Å². The lowest BCUT2D eigenvalue weighted by Crippen LogP contribution is -2.24. The lowest BCUT2D eigenvalue weighted by atomic mass is 9.82. The minimum absolute atomic E-state index is 0.270. The first-order valence-electron chi connectivity index (χ1n) is 5.22. The van der Waals surface area contributed by atoms with Crippen LogP contribution in [0.15, 0.2) is 24.3 Å². The fourth-order valence-corrected chi connectivity index (χ4v) is 3.11. The first-order valence-corrected chi connectivity index (χ1v) is 5.22. The van der Waals surface area contributed by atoms with Gasteiger partial charge in [-0.1, -0.05) is 17.7 Å². The van der Waals surface area contributed by atoms with E-state index in [-0.39, 0.29) is 6.10 Å². The van der Waals surface area contributed by atoms with Crippen molar-refractivity contribution in [3.63, 3.8) is 0 Å². The monoisotopic (exact) mass is 178 g/mol. The molecule has 2 bridgehead atoms. The van der Waals surface area contributed by atoms with Crippen molar-refractivity contribution >= 4 is 0 Å². The van der Waals surface area contributed by atoms with Gasteiger partial charge in [0.05, 0.1) is 6.10 Å². The molecular formula is C12H18O. The van der Waals surface area contributed by atoms with Gasteiger partial charge in [-0.05, 0) is 43.9 Å². The molecule has 4 atom stereocenters. The van der Waals surface area contributed by atoms with Gasteiger partial charge in [0.15, 0.2) is 0 Å². The Morgan fingerprint density at radius 2 is 2.31 bits per heavy atom. The molecule has 1 heteroatoms. The molecule has 0 aromatic heterocycles. The summed E-state index contributed by atoms with van der Waals surface area (Å²) >= 11 is 0. The van der Waals surface area contributed by atoms with Crippen molar-refractivity contribution in [1.82, 2.24) is 0 Å². The Balaban J connectivity index is 2.07. The van der Waals surface area contributed by atoms with Crippen molar-refractivity contribution in [2.45, 2.75) is 32.3 Å². The normalized spacial score (nSPS) is 42.6. The summed E-state index contributed by atoms with van der Waals surface area (Å²) in [6.45, 7) is 5.80. The number of hydrogen-bond acceptors (Lipinski definition) is 1. The number of fused-ring (bicyclic) bond motifs is 2. The molecule has 0 spiro atoms. The zero-order valence-corrected chi connectivity index (χ0v) is 8.24. The van der Waals surface area contributed by atoms with E-state index in [1.807, 2.05) is 0 Å². The largest absolute Gasteiger partial charge is 0.389 e. The van der Waals surface area contributed by atoms with Gasteiger partial charge in [0.2, 0.25) is 0 Å². The third-order valence-electron chi connectivity index (χ3n) is 3.82. The second-order valence-corrected chi connectivity index (χ2v) is 4.39. The molecule has 0 amide bonds. The third-order valence-corrected chi connectivity index (χ3v) is 3.82. The van der Waals surface area contributed by atoms with Crippen molar-refractivity contribution in [3.8, 4) is 0 Å². The van der Waals surface area contributed by atoms with Gasteiger partial charge in [0.1, 0.15) is 0 Å². The molecule has 72 valence electrons. The van der Waals surface area contributed by atoms with Crippen LogP contribution in [0.4, 0.5) is 0 Å². The Labute approximate surface area is 80.2 Å². The van der Waals surface area contributed by atoms with Gasteiger partial charge in [-0.2, -0.15) is 0 Å². The van der Waals surface area contributed by atoms with Gasteiger partial charge in [0, 0.05) is 0 Å². The highest BCUT2D eigenvalue weighted by atomic mass is 16.3. The Morgan fingerprint density at radius 3 is 2.77 bits per heavy atom. The zero-order chi connectivity index (χ0) is 9.42. The van der Waals surface area contributed by atoms with Crippen molar-refractivity contribution < 1.29 is 5.11 Å². The van der Waals surface area contributed by atoms with Gasteiger partial charge in [0.25, 0.3) is 0 Å². The lowest BCUT2D eigenvalue weighted by molar-refractivity contribution is 0.121. The molecule has 2 rings (SSSR count). The van der Waals surface area contributed by atoms with Crippen LogP contribution >= 0.6 is 0 Å². The molecule has 0 saturated heterocycles. The molecule has 2 fully saturated rings. The quantitative estimate of drug-likeness (QED) is 0.644. The predicted octanol–water partition coefficient (Wildman–Crippen LogP) is 2.53. The molecule has 0 aromatic carbocycles. The van der Waals surface area contributed by atoms with E-state index in [1.54, 1.807) is 11.6 Å². The molecule has 2 aliphatic rings. The van der Waals surface area contributed by atoms with Crippen LogP contribution in [0, 0.1) is 17.8 Å². The SMILES string of the molecule is C=CC(O)C1CC2CC1C/C2=C\C. The number of hydrogen-bond donors (Lipinski definition) is 1. The summed E-state index contributed by atoms with van der Waals surface area (Å²) in [5, 5.41) is 9.70. The average molecular weight is 178 g/mol. The summed E-state index contributed by atoms with van der Waals surface area (Å²) < 4.78 is 0. The van der Waals surface area contributed by atoms with Crippen LogP contribution in [0.25, 0.3) is 0 Å². The van der Waals surface area contributed by atoms with E-state index in [1.165, 1.54) is 19.3 Å². The second kappa shape index (κ2) is 3.30. The lowest BCUT2D eigenvalue weighted by Gasteiger charge is -2.26. The average Bonchev–Trinajstić information content (AvgIpc) is 2.74. The fourth-order valence-electron chi connectivity index (χ4n) is 3.11. The maximum atomic E-state index is 9.70. The highest BCUT2D eigenvalue weighted by molar-refractivity contribution is 5.18. The summed E-state index contributed by atoms with van der Waals surface area (Å²) in [4.78, 5) is 0. The third kappa shape index (κ3) is 1.35. The summed E-state index contributed by atoms with van der Waals surface area (Å²) in [5.41, 5.74) is 1.62. The molecule has 4 unspecified atom stereocenters. The smallest absolute Gasteiger partial charge is 0.0749 e. The molecule has 13 heavy (non-hydrogen) atoms. The highest BCUT2D eigenvalue weighted by Gasteiger charge is 2.44. The first-order chi connectivity index (χ1) is 6.26. The summed E-state index contributed by atoms with van der Waals surface area (Å²) in [6.07, 6.45) is 7.39. The maximum absolute atomic E-state index is 9.70. The van der Waals surface area contributed by atoms with Gasteiger partial charge in [-0.15, -0.1) is 6.58 Å². The van der Waals surface area contributed by atoms with Crippen molar-refractivity contribution in [2.75, 3.05) is 0 Å². The second-order valence-electron chi connectivity index (χ2n) is 4.39. The topological polar surface area (TPSA) is 20.2 Å². The fraction of sp³-hybridized carbons (Fsp3) is 0.667. The molecule has 0 radical (unpaired) electrons. The Morgan fingerprint density at radius 1 is 1.54 bits per heavy atom. The predicted molar refractivity (Wildman–Crippen MR) is 54.3 cm³/mol. The van der Waals surface area contributed by atoms with E-state index >= 15 is 0 Å². The van der Waals surface area contributed by atoms with E-state index in [2.05, 4.69) is 19.6 Å². The van der Waals surface area contributed by atoms with Crippen LogP contribution in [-0.2, 0) is 0 Å². The zero-order valence-electron chi connectivity index (χ0n) is 8.24. The molecular weight excluding hydrogens is 160 g/mol. The molecule has 2 aliphatic carbocycles. The minimum atomic E-state index is -0.270. The van der Waals surface area contributed by atoms with Crippen LogP contribution in [-0.4, -0.2) is 11.2 Å². The van der Waals surface area contributed by atoms with Gasteiger partial charge >= 0.3 is 0 Å². The van der Waals surface area contributed by atoms with Crippen molar-refractivity contribution in [3.05, 3.63) is 24.3 Å². The van der Waals surface area contributed by atoms with Gasteiger partial charge < -0.3 is 5.11 Å². The highest BCUT2D eigenvalue weighted by Crippen LogP contribution is 2.52. The van der Waals surface area contributed by atoms with Crippen LogP contribution < -0.4 is 0 Å². The minimum Gasteiger partial charge on any atom is -0.389 e. The van der Waals surface area contributed by atoms with E-state index in [4.69, 9.17) is 0 Å². The summed E-state index contributed by atoms with van der Waals surface area (Å²) in [7, 11) is 0. The van der Waals surface area contributed by atoms with Crippen molar-refractivity contribution in [1.29, 1.82) is 0 Å². The number of rotatable bonds is 2. The molecule has 2 saturated carbocycles. The number of aliphatic hydroxyl groups excluding tert-OH is 1. The maximum Gasteiger partial charge on any atom is 0.0749 e. The Kier molecular flexibility index (Phi) is 2.29. The molecule has 0 heterocycles. The van der Waals surface area contributed by atoms with E-state index in [9.17, 15) is 5.11 Å². The van der Waals surface area contributed by atoms with E-state index in [0.717, 1.165) is 11.8 Å². The van der Waals surface area contributed by atoms with E-state index < -0.39 is 0 Å². The van der Waals surface area contributed by atoms with Crippen LogP contribution in [0.5, 0.6) is 0 Å². The number of aliphatic hydroxyl groups is 1. The standard InChI is InChI=1S/C12H18O/c1-3-8-5-10-6-9(8)7-11(10)12(13)4-2/h3-4,9-13H,2,5-7H2,1H3/b8-3+. The Hall–Kier alpha value is -0.560. The van der Waals surface area contributed by atoms with Gasteiger partial charge in [-0.3, -0.25) is 0 Å². The summed E-state index contributed by atoms with van der Waals surface area (Å²) in [5.74, 6) is 1.99. The molecule has 1 nitrogen and oxygen atoms in total. The van der Waals surface area contributed by atoms with Crippen LogP contribution in [0.3, 0.4) is 0 Å². The van der Waals surface area contributed by atoms with E-state index in [0.29, 0.717) is 5.92 Å². The Bertz CT molecular complexity index is 242. The molecule has 0 aliphatic heterocycles. The molecule has 0 aromatic rings. The first kappa shape index (κ1) is 9.01. The van der Waals surface area contributed by atoms with Crippen LogP contribution in [0.2, 0.25) is 0 Å². The van der Waals surface area contributed by atoms with Gasteiger partial charge in [-0.25, -0.2) is 0 Å². The van der Waals surface area contributed by atoms with Crippen LogP contribution in [0.1, 0.15) is 26.2 Å².